The molecule has 0 spiro atoms. The second-order valence-electron chi connectivity index (χ2n) is 4.53. The minimum Gasteiger partial charge on any atom is -0.462 e. The molecule has 1 atom stereocenters. The zero-order valence-electron chi connectivity index (χ0n) is 10.3. The van der Waals surface area contributed by atoms with Gasteiger partial charge in [0.25, 0.3) is 0 Å². The van der Waals surface area contributed by atoms with Crippen molar-refractivity contribution < 1.29 is 19.1 Å². The quantitative estimate of drug-likeness (QED) is 0.779. The summed E-state index contributed by atoms with van der Waals surface area (Å²) in [5.41, 5.74) is -0.926. The van der Waals surface area contributed by atoms with E-state index in [0.29, 0.717) is 18.8 Å². The lowest BCUT2D eigenvalue weighted by Gasteiger charge is -2.19. The number of carbonyl (C=O) groups excluding carboxylic acids is 1. The Bertz CT molecular complexity index is 444. The van der Waals surface area contributed by atoms with Gasteiger partial charge in [-0.2, -0.15) is 0 Å². The third-order valence-corrected chi connectivity index (χ3v) is 2.83. The third-order valence-electron chi connectivity index (χ3n) is 2.83. The van der Waals surface area contributed by atoms with Gasteiger partial charge in [0.15, 0.2) is 0 Å². The van der Waals surface area contributed by atoms with Crippen LogP contribution >= 0.6 is 0 Å². The van der Waals surface area contributed by atoms with Crippen molar-refractivity contribution in [3.63, 3.8) is 0 Å². The van der Waals surface area contributed by atoms with Crippen LogP contribution in [0.3, 0.4) is 0 Å². The largest absolute Gasteiger partial charge is 0.462 e. The molecular formula is C13H17NO4. The average Bonchev–Trinajstić information content (AvgIpc) is 2.94. The van der Waals surface area contributed by atoms with Crippen LogP contribution in [0.4, 0.5) is 0 Å². The first-order valence-corrected chi connectivity index (χ1v) is 5.90. The van der Waals surface area contributed by atoms with Gasteiger partial charge in [0.2, 0.25) is 5.91 Å². The minimum atomic E-state index is -0.926. The zero-order chi connectivity index (χ0) is 13.0. The molecule has 18 heavy (non-hydrogen) atoms. The summed E-state index contributed by atoms with van der Waals surface area (Å²) in [6.07, 6.45) is 3.53. The molecule has 5 heteroatoms. The van der Waals surface area contributed by atoms with Crippen molar-refractivity contribution in [2.45, 2.75) is 18.9 Å². The molecule has 0 aliphatic carbocycles. The van der Waals surface area contributed by atoms with E-state index >= 15 is 0 Å². The highest BCUT2D eigenvalue weighted by molar-refractivity contribution is 5.91. The summed E-state index contributed by atoms with van der Waals surface area (Å²) < 4.78 is 10.4. The molecule has 1 unspecified atom stereocenters. The Morgan fingerprint density at radius 1 is 1.61 bits per heavy atom. The molecule has 0 saturated carbocycles. The maximum atomic E-state index is 11.5. The molecule has 1 aromatic heterocycles. The number of hydrogen-bond acceptors (Lipinski definition) is 4. The van der Waals surface area contributed by atoms with Crippen molar-refractivity contribution in [3.05, 3.63) is 29.7 Å². The van der Waals surface area contributed by atoms with Crippen LogP contribution in [0.2, 0.25) is 0 Å². The van der Waals surface area contributed by atoms with Gasteiger partial charge in [0.05, 0.1) is 6.61 Å². The number of amides is 1. The highest BCUT2D eigenvalue weighted by Crippen LogP contribution is 2.16. The maximum Gasteiger partial charge on any atom is 0.244 e. The lowest BCUT2D eigenvalue weighted by atomic mass is 10.0. The third kappa shape index (κ3) is 3.45. The molecule has 0 radical (unpaired) electrons. The molecule has 1 aliphatic heterocycles. The SMILES string of the molecule is Cc1ccc(/C=C/C(=O)NCC2(O)CCOC2)o1. The molecule has 2 rings (SSSR count). The van der Waals surface area contributed by atoms with Gasteiger partial charge in [0.1, 0.15) is 17.1 Å². The predicted molar refractivity (Wildman–Crippen MR) is 65.9 cm³/mol. The number of ether oxygens (including phenoxy) is 1. The van der Waals surface area contributed by atoms with Gasteiger partial charge in [-0.3, -0.25) is 4.79 Å². The Balaban J connectivity index is 1.80. The van der Waals surface area contributed by atoms with Crippen molar-refractivity contribution in [3.8, 4) is 0 Å². The van der Waals surface area contributed by atoms with Crippen LogP contribution in [-0.2, 0) is 9.53 Å². The lowest BCUT2D eigenvalue weighted by molar-refractivity contribution is -0.117. The zero-order valence-corrected chi connectivity index (χ0v) is 10.3. The summed E-state index contributed by atoms with van der Waals surface area (Å²) >= 11 is 0. The van der Waals surface area contributed by atoms with Crippen molar-refractivity contribution in [2.75, 3.05) is 19.8 Å². The molecule has 98 valence electrons. The van der Waals surface area contributed by atoms with E-state index in [2.05, 4.69) is 5.32 Å². The Hall–Kier alpha value is -1.59. The van der Waals surface area contributed by atoms with Crippen LogP contribution in [0.1, 0.15) is 17.9 Å². The molecule has 0 bridgehead atoms. The van der Waals surface area contributed by atoms with E-state index in [4.69, 9.17) is 9.15 Å². The van der Waals surface area contributed by atoms with E-state index in [0.717, 1.165) is 5.76 Å². The van der Waals surface area contributed by atoms with Crippen molar-refractivity contribution in [1.82, 2.24) is 5.32 Å². The number of nitrogens with one attached hydrogen (secondary N) is 1. The number of rotatable bonds is 4. The van der Waals surface area contributed by atoms with Crippen LogP contribution < -0.4 is 5.32 Å². The molecule has 1 aromatic rings. The number of furan rings is 1. The topological polar surface area (TPSA) is 71.7 Å². The number of hydrogen-bond donors (Lipinski definition) is 2. The second kappa shape index (κ2) is 5.37. The molecule has 2 heterocycles. The Morgan fingerprint density at radius 3 is 3.06 bits per heavy atom. The molecule has 1 saturated heterocycles. The van der Waals surface area contributed by atoms with E-state index in [9.17, 15) is 9.90 Å². The van der Waals surface area contributed by atoms with E-state index in [1.165, 1.54) is 6.08 Å². The number of aryl methyl sites for hydroxylation is 1. The maximum absolute atomic E-state index is 11.5. The van der Waals surface area contributed by atoms with E-state index in [-0.39, 0.29) is 19.1 Å². The average molecular weight is 251 g/mol. The van der Waals surface area contributed by atoms with Crippen LogP contribution in [-0.4, -0.2) is 36.4 Å². The Labute approximate surface area is 105 Å². The normalized spacial score (nSPS) is 23.7. The van der Waals surface area contributed by atoms with Gasteiger partial charge in [-0.25, -0.2) is 0 Å². The van der Waals surface area contributed by atoms with Crippen LogP contribution in [0.25, 0.3) is 6.08 Å². The number of carbonyl (C=O) groups is 1. The summed E-state index contributed by atoms with van der Waals surface area (Å²) in [7, 11) is 0. The van der Waals surface area contributed by atoms with Crippen molar-refractivity contribution in [1.29, 1.82) is 0 Å². The summed E-state index contributed by atoms with van der Waals surface area (Å²) in [5, 5.41) is 12.6. The van der Waals surface area contributed by atoms with E-state index in [1.807, 2.05) is 13.0 Å². The van der Waals surface area contributed by atoms with Gasteiger partial charge in [-0.1, -0.05) is 0 Å². The molecule has 1 aliphatic rings. The standard InChI is InChI=1S/C13H17NO4/c1-10-2-3-11(18-10)4-5-12(15)14-8-13(16)6-7-17-9-13/h2-5,16H,6-9H2,1H3,(H,14,15)/b5-4+. The lowest BCUT2D eigenvalue weighted by Crippen LogP contribution is -2.42. The summed E-state index contributed by atoms with van der Waals surface area (Å²) in [6, 6.07) is 3.62. The highest BCUT2D eigenvalue weighted by atomic mass is 16.5. The Morgan fingerprint density at radius 2 is 2.44 bits per heavy atom. The summed E-state index contributed by atoms with van der Waals surface area (Å²) in [5.74, 6) is 1.17. The molecule has 1 fully saturated rings. The smallest absolute Gasteiger partial charge is 0.244 e. The first kappa shape index (κ1) is 12.9. The van der Waals surface area contributed by atoms with E-state index < -0.39 is 5.60 Å². The first-order chi connectivity index (χ1) is 8.57. The van der Waals surface area contributed by atoms with Crippen molar-refractivity contribution in [2.24, 2.45) is 0 Å². The van der Waals surface area contributed by atoms with Crippen LogP contribution in [0.5, 0.6) is 0 Å². The molecular weight excluding hydrogens is 234 g/mol. The highest BCUT2D eigenvalue weighted by Gasteiger charge is 2.32. The van der Waals surface area contributed by atoms with Crippen molar-refractivity contribution >= 4 is 12.0 Å². The monoisotopic (exact) mass is 251 g/mol. The molecule has 5 nitrogen and oxygen atoms in total. The number of aliphatic hydroxyl groups is 1. The fourth-order valence-corrected chi connectivity index (χ4v) is 1.75. The fraction of sp³-hybridized carbons (Fsp3) is 0.462. The van der Waals surface area contributed by atoms with Gasteiger partial charge >= 0.3 is 0 Å². The second-order valence-corrected chi connectivity index (χ2v) is 4.53. The molecule has 0 aromatic carbocycles. The molecule has 2 N–H and O–H groups in total. The fourth-order valence-electron chi connectivity index (χ4n) is 1.75. The van der Waals surface area contributed by atoms with Gasteiger partial charge < -0.3 is 19.6 Å². The first-order valence-electron chi connectivity index (χ1n) is 5.90. The van der Waals surface area contributed by atoms with Gasteiger partial charge in [0, 0.05) is 25.6 Å². The van der Waals surface area contributed by atoms with Crippen LogP contribution in [0, 0.1) is 6.92 Å². The summed E-state index contributed by atoms with van der Waals surface area (Å²) in [4.78, 5) is 11.5. The predicted octanol–water partition coefficient (Wildman–Crippen LogP) is 0.869. The Kier molecular flexibility index (Phi) is 3.84. The van der Waals surface area contributed by atoms with Gasteiger partial charge in [-0.05, 0) is 25.1 Å². The van der Waals surface area contributed by atoms with Crippen LogP contribution in [0.15, 0.2) is 22.6 Å². The molecule has 1 amide bonds. The van der Waals surface area contributed by atoms with Gasteiger partial charge in [-0.15, -0.1) is 0 Å². The summed E-state index contributed by atoms with van der Waals surface area (Å²) in [6.45, 7) is 2.85. The minimum absolute atomic E-state index is 0.202. The van der Waals surface area contributed by atoms with E-state index in [1.54, 1.807) is 12.1 Å².